The monoisotopic (exact) mass is 230 g/mol. The van der Waals surface area contributed by atoms with E-state index in [0.717, 1.165) is 19.3 Å². The van der Waals surface area contributed by atoms with Crippen LogP contribution >= 0.6 is 0 Å². The molecule has 0 radical (unpaired) electrons. The van der Waals surface area contributed by atoms with Crippen molar-refractivity contribution in [2.45, 2.75) is 52.1 Å². The zero-order valence-corrected chi connectivity index (χ0v) is 11.1. The molecule has 0 bridgehead atoms. The summed E-state index contributed by atoms with van der Waals surface area (Å²) >= 11 is 0. The molecule has 1 unspecified atom stereocenters. The first-order valence-corrected chi connectivity index (χ1v) is 6.20. The molecule has 0 saturated carbocycles. The number of rotatable bonds is 8. The fourth-order valence-corrected chi connectivity index (χ4v) is 1.95. The van der Waals surface area contributed by atoms with E-state index in [9.17, 15) is 9.90 Å². The molecule has 0 aromatic carbocycles. The summed E-state index contributed by atoms with van der Waals surface area (Å²) in [6.45, 7) is 4.82. The molecule has 4 heteroatoms. The maximum absolute atomic E-state index is 11.2. The van der Waals surface area contributed by atoms with Crippen LogP contribution in [0.2, 0.25) is 0 Å². The van der Waals surface area contributed by atoms with Gasteiger partial charge in [-0.1, -0.05) is 33.1 Å². The minimum atomic E-state index is -0.808. The van der Waals surface area contributed by atoms with E-state index in [1.54, 1.807) is 4.90 Å². The fourth-order valence-electron chi connectivity index (χ4n) is 1.95. The highest BCUT2D eigenvalue weighted by atomic mass is 16.4. The van der Waals surface area contributed by atoms with Gasteiger partial charge in [0.25, 0.3) is 0 Å². The lowest BCUT2D eigenvalue weighted by Gasteiger charge is -2.33. The molecule has 0 aliphatic carbocycles. The van der Waals surface area contributed by atoms with Crippen LogP contribution in [0.1, 0.15) is 46.0 Å². The molecule has 0 spiro atoms. The number of amides is 1. The normalized spacial score (nSPS) is 12.8. The average Bonchev–Trinajstić information content (AvgIpc) is 2.21. The van der Waals surface area contributed by atoms with Crippen LogP contribution in [0.25, 0.3) is 0 Å². The average molecular weight is 230 g/mol. The minimum absolute atomic E-state index is 0.000809. The molecule has 0 aliphatic rings. The lowest BCUT2D eigenvalue weighted by Crippen LogP contribution is -2.47. The SMILES string of the molecule is CCCCCCN(C(=O)O)C(CC)N(C)C. The van der Waals surface area contributed by atoms with E-state index in [4.69, 9.17) is 0 Å². The fraction of sp³-hybridized carbons (Fsp3) is 0.917. The summed E-state index contributed by atoms with van der Waals surface area (Å²) in [4.78, 5) is 14.7. The molecule has 96 valence electrons. The number of nitrogens with zero attached hydrogens (tertiary/aromatic N) is 2. The number of carbonyl (C=O) groups is 1. The predicted octanol–water partition coefficient (Wildman–Crippen LogP) is 2.84. The maximum atomic E-state index is 11.2. The van der Waals surface area contributed by atoms with Crippen LogP contribution in [-0.2, 0) is 0 Å². The molecular weight excluding hydrogens is 204 g/mol. The molecule has 0 rings (SSSR count). The van der Waals surface area contributed by atoms with Crippen LogP contribution in [0.3, 0.4) is 0 Å². The van der Waals surface area contributed by atoms with Gasteiger partial charge in [0.15, 0.2) is 0 Å². The summed E-state index contributed by atoms with van der Waals surface area (Å²) in [6.07, 6.45) is 4.46. The Bertz CT molecular complexity index is 195. The second kappa shape index (κ2) is 8.39. The maximum Gasteiger partial charge on any atom is 0.408 e. The van der Waals surface area contributed by atoms with E-state index in [-0.39, 0.29) is 6.17 Å². The highest BCUT2D eigenvalue weighted by molar-refractivity contribution is 5.65. The van der Waals surface area contributed by atoms with E-state index in [1.807, 2.05) is 25.9 Å². The van der Waals surface area contributed by atoms with Crippen LogP contribution in [0.4, 0.5) is 4.79 Å². The van der Waals surface area contributed by atoms with Crippen molar-refractivity contribution in [2.75, 3.05) is 20.6 Å². The van der Waals surface area contributed by atoms with Gasteiger partial charge in [0.1, 0.15) is 0 Å². The summed E-state index contributed by atoms with van der Waals surface area (Å²) in [7, 11) is 3.85. The summed E-state index contributed by atoms with van der Waals surface area (Å²) in [5.41, 5.74) is 0. The van der Waals surface area contributed by atoms with Crippen LogP contribution in [0.15, 0.2) is 0 Å². The molecular formula is C12H26N2O2. The highest BCUT2D eigenvalue weighted by Crippen LogP contribution is 2.10. The Morgan fingerprint density at radius 3 is 2.19 bits per heavy atom. The molecule has 0 aliphatic heterocycles. The Balaban J connectivity index is 4.20. The van der Waals surface area contributed by atoms with Gasteiger partial charge in [-0.25, -0.2) is 4.79 Å². The lowest BCUT2D eigenvalue weighted by atomic mass is 10.2. The summed E-state index contributed by atoms with van der Waals surface area (Å²) < 4.78 is 0. The predicted molar refractivity (Wildman–Crippen MR) is 66.6 cm³/mol. The van der Waals surface area contributed by atoms with Crippen molar-refractivity contribution in [3.8, 4) is 0 Å². The van der Waals surface area contributed by atoms with Crippen LogP contribution in [-0.4, -0.2) is 47.8 Å². The Labute approximate surface area is 99.2 Å². The van der Waals surface area contributed by atoms with Gasteiger partial charge in [-0.3, -0.25) is 9.80 Å². The van der Waals surface area contributed by atoms with Gasteiger partial charge < -0.3 is 5.11 Å². The van der Waals surface area contributed by atoms with E-state index in [1.165, 1.54) is 12.8 Å². The van der Waals surface area contributed by atoms with Crippen molar-refractivity contribution >= 4 is 6.09 Å². The Hall–Kier alpha value is -0.770. The molecule has 1 atom stereocenters. The number of carboxylic acid groups (broad SMARTS) is 1. The van der Waals surface area contributed by atoms with Gasteiger partial charge in [0.2, 0.25) is 0 Å². The summed E-state index contributed by atoms with van der Waals surface area (Å²) in [5, 5.41) is 9.18. The molecule has 0 heterocycles. The second-order valence-electron chi connectivity index (χ2n) is 4.39. The third kappa shape index (κ3) is 5.35. The third-order valence-corrected chi connectivity index (χ3v) is 2.82. The molecule has 0 aromatic heterocycles. The first-order chi connectivity index (χ1) is 7.54. The molecule has 1 N–H and O–H groups in total. The van der Waals surface area contributed by atoms with E-state index >= 15 is 0 Å². The molecule has 1 amide bonds. The highest BCUT2D eigenvalue weighted by Gasteiger charge is 2.22. The van der Waals surface area contributed by atoms with Crippen molar-refractivity contribution in [1.29, 1.82) is 0 Å². The van der Waals surface area contributed by atoms with Gasteiger partial charge in [0, 0.05) is 6.54 Å². The molecule has 16 heavy (non-hydrogen) atoms. The first kappa shape index (κ1) is 15.2. The van der Waals surface area contributed by atoms with Crippen molar-refractivity contribution in [3.05, 3.63) is 0 Å². The van der Waals surface area contributed by atoms with Crippen molar-refractivity contribution in [2.24, 2.45) is 0 Å². The zero-order valence-electron chi connectivity index (χ0n) is 11.1. The number of hydrogen-bond acceptors (Lipinski definition) is 2. The van der Waals surface area contributed by atoms with Gasteiger partial charge in [-0.2, -0.15) is 0 Å². The van der Waals surface area contributed by atoms with E-state index < -0.39 is 6.09 Å². The Kier molecular flexibility index (Phi) is 7.99. The van der Waals surface area contributed by atoms with Crippen molar-refractivity contribution < 1.29 is 9.90 Å². The number of unbranched alkanes of at least 4 members (excludes halogenated alkanes) is 3. The van der Waals surface area contributed by atoms with Gasteiger partial charge in [-0.15, -0.1) is 0 Å². The summed E-state index contributed by atoms with van der Waals surface area (Å²) in [6, 6.07) is 0. The first-order valence-electron chi connectivity index (χ1n) is 6.20. The lowest BCUT2D eigenvalue weighted by molar-refractivity contribution is 0.0663. The molecule has 0 fully saturated rings. The largest absolute Gasteiger partial charge is 0.465 e. The zero-order chi connectivity index (χ0) is 12.6. The molecule has 0 aromatic rings. The van der Waals surface area contributed by atoms with Crippen LogP contribution < -0.4 is 0 Å². The second-order valence-corrected chi connectivity index (χ2v) is 4.39. The topological polar surface area (TPSA) is 43.8 Å². The third-order valence-electron chi connectivity index (χ3n) is 2.82. The summed E-state index contributed by atoms with van der Waals surface area (Å²) in [5.74, 6) is 0. The van der Waals surface area contributed by atoms with Gasteiger partial charge in [0.05, 0.1) is 6.17 Å². The van der Waals surface area contributed by atoms with Crippen molar-refractivity contribution in [3.63, 3.8) is 0 Å². The van der Waals surface area contributed by atoms with Crippen LogP contribution in [0.5, 0.6) is 0 Å². The van der Waals surface area contributed by atoms with Crippen molar-refractivity contribution in [1.82, 2.24) is 9.80 Å². The van der Waals surface area contributed by atoms with Crippen LogP contribution in [0, 0.1) is 0 Å². The molecule has 0 saturated heterocycles. The van der Waals surface area contributed by atoms with Gasteiger partial charge >= 0.3 is 6.09 Å². The minimum Gasteiger partial charge on any atom is -0.465 e. The van der Waals surface area contributed by atoms with E-state index in [2.05, 4.69) is 6.92 Å². The Morgan fingerprint density at radius 1 is 1.19 bits per heavy atom. The van der Waals surface area contributed by atoms with Gasteiger partial charge in [-0.05, 0) is 26.9 Å². The Morgan fingerprint density at radius 2 is 1.81 bits per heavy atom. The van der Waals surface area contributed by atoms with E-state index in [0.29, 0.717) is 6.54 Å². The quantitative estimate of drug-likeness (QED) is 0.515. The standard InChI is InChI=1S/C12H26N2O2/c1-5-7-8-9-10-14(12(15)16)11(6-2)13(3)4/h11H,5-10H2,1-4H3,(H,15,16). The smallest absolute Gasteiger partial charge is 0.408 e. The number of hydrogen-bond donors (Lipinski definition) is 1. The molecule has 4 nitrogen and oxygen atoms in total.